The highest BCUT2D eigenvalue weighted by Crippen LogP contribution is 2.21. The number of carbonyl (C=O) groups excluding carboxylic acids is 2. The smallest absolute Gasteiger partial charge is 0.271 e. The molecule has 3 rings (SSSR count). The van der Waals surface area contributed by atoms with Crippen molar-refractivity contribution in [2.75, 3.05) is 12.4 Å². The molecule has 0 aliphatic rings. The Labute approximate surface area is 191 Å². The van der Waals surface area contributed by atoms with Gasteiger partial charge in [-0.3, -0.25) is 19.7 Å². The maximum Gasteiger partial charge on any atom is 0.271 e. The lowest BCUT2D eigenvalue weighted by molar-refractivity contribution is -0.384. The second-order valence-corrected chi connectivity index (χ2v) is 7.34. The van der Waals surface area contributed by atoms with Crippen LogP contribution >= 0.6 is 15.9 Å². The largest absolute Gasteiger partial charge is 0.496 e. The maximum atomic E-state index is 12.3. The van der Waals surface area contributed by atoms with Gasteiger partial charge < -0.3 is 10.1 Å². The molecule has 0 aliphatic heterocycles. The van der Waals surface area contributed by atoms with Crippen LogP contribution in [0.25, 0.3) is 0 Å². The van der Waals surface area contributed by atoms with Crippen LogP contribution in [0, 0.1) is 10.1 Å². The number of nitrogens with zero attached hydrogens (tertiary/aromatic N) is 2. The van der Waals surface area contributed by atoms with Crippen molar-refractivity contribution in [1.82, 2.24) is 5.43 Å². The Morgan fingerprint density at radius 1 is 1.03 bits per heavy atom. The molecule has 3 aromatic carbocycles. The number of nitro benzene ring substituents is 1. The fraction of sp³-hybridized carbons (Fsp3) is 0.0455. The molecule has 0 aromatic heterocycles. The summed E-state index contributed by atoms with van der Waals surface area (Å²) >= 11 is 3.37. The third-order valence-electron chi connectivity index (χ3n) is 4.29. The second-order valence-electron chi connectivity index (χ2n) is 6.42. The fourth-order valence-electron chi connectivity index (χ4n) is 2.70. The maximum absolute atomic E-state index is 12.3. The highest BCUT2D eigenvalue weighted by molar-refractivity contribution is 9.10. The predicted octanol–water partition coefficient (Wildman–Crippen LogP) is 4.38. The number of anilines is 1. The molecule has 9 nitrogen and oxygen atoms in total. The van der Waals surface area contributed by atoms with E-state index in [1.165, 1.54) is 42.6 Å². The van der Waals surface area contributed by atoms with Crippen molar-refractivity contribution < 1.29 is 19.2 Å². The first-order valence-electron chi connectivity index (χ1n) is 9.20. The van der Waals surface area contributed by atoms with Crippen LogP contribution in [0.15, 0.2) is 76.3 Å². The summed E-state index contributed by atoms with van der Waals surface area (Å²) in [6.07, 6.45) is 1.47. The molecule has 0 atom stereocenters. The monoisotopic (exact) mass is 496 g/mol. The highest BCUT2D eigenvalue weighted by Gasteiger charge is 2.12. The zero-order valence-electron chi connectivity index (χ0n) is 16.7. The minimum atomic E-state index is -0.570. The number of ether oxygens (including phenoxy) is 1. The van der Waals surface area contributed by atoms with Crippen molar-refractivity contribution in [3.63, 3.8) is 0 Å². The summed E-state index contributed by atoms with van der Waals surface area (Å²) in [4.78, 5) is 34.9. The standard InChI is InChI=1S/C22H17BrN4O5/c1-32-20-10-7-17(23)11-16(20)13-24-26-22(29)14-5-8-18(9-6-14)25-21(28)15-3-2-4-19(12-15)27(30)31/h2-13H,1H3,(H,25,28)(H,26,29)/b24-13+. The van der Waals surface area contributed by atoms with Gasteiger partial charge in [0.1, 0.15) is 5.75 Å². The van der Waals surface area contributed by atoms with Gasteiger partial charge >= 0.3 is 0 Å². The van der Waals surface area contributed by atoms with Gasteiger partial charge in [-0.05, 0) is 48.5 Å². The Balaban J connectivity index is 1.62. The minimum absolute atomic E-state index is 0.151. The first kappa shape index (κ1) is 22.6. The Hall–Kier alpha value is -4.05. The second kappa shape index (κ2) is 10.3. The molecule has 0 spiro atoms. The molecule has 3 aromatic rings. The number of rotatable bonds is 7. The molecule has 10 heteroatoms. The van der Waals surface area contributed by atoms with E-state index in [2.05, 4.69) is 31.8 Å². The third kappa shape index (κ3) is 5.76. The quantitative estimate of drug-likeness (QED) is 0.285. The van der Waals surface area contributed by atoms with Crippen LogP contribution in [0.3, 0.4) is 0 Å². The number of hydrogen-bond acceptors (Lipinski definition) is 6. The first-order chi connectivity index (χ1) is 15.4. The molecule has 0 radical (unpaired) electrons. The number of halogens is 1. The lowest BCUT2D eigenvalue weighted by Crippen LogP contribution is -2.18. The fourth-order valence-corrected chi connectivity index (χ4v) is 3.08. The molecule has 0 saturated carbocycles. The van der Waals surface area contributed by atoms with Crippen molar-refractivity contribution in [3.05, 3.63) is 98.0 Å². The van der Waals surface area contributed by atoms with E-state index in [9.17, 15) is 19.7 Å². The van der Waals surface area contributed by atoms with Gasteiger partial charge in [0.05, 0.1) is 18.2 Å². The molecule has 32 heavy (non-hydrogen) atoms. The summed E-state index contributed by atoms with van der Waals surface area (Å²) in [7, 11) is 1.54. The highest BCUT2D eigenvalue weighted by atomic mass is 79.9. The number of benzene rings is 3. The molecule has 2 amide bonds. The molecule has 0 heterocycles. The van der Waals surface area contributed by atoms with Crippen molar-refractivity contribution in [2.45, 2.75) is 0 Å². The van der Waals surface area contributed by atoms with Gasteiger partial charge in [-0.15, -0.1) is 0 Å². The summed E-state index contributed by atoms with van der Waals surface area (Å²) in [5.41, 5.74) is 3.85. The van der Waals surface area contributed by atoms with Gasteiger partial charge in [-0.25, -0.2) is 5.43 Å². The topological polar surface area (TPSA) is 123 Å². The van der Waals surface area contributed by atoms with Crippen LogP contribution in [0.4, 0.5) is 11.4 Å². The summed E-state index contributed by atoms with van der Waals surface area (Å²) in [5.74, 6) is -0.333. The van der Waals surface area contributed by atoms with E-state index in [1.807, 2.05) is 6.07 Å². The van der Waals surface area contributed by atoms with Gasteiger partial charge in [-0.2, -0.15) is 5.10 Å². The molecule has 0 unspecified atom stereocenters. The van der Waals surface area contributed by atoms with Crippen LogP contribution in [0.1, 0.15) is 26.3 Å². The lowest BCUT2D eigenvalue weighted by Gasteiger charge is -2.07. The molecule has 0 bridgehead atoms. The lowest BCUT2D eigenvalue weighted by atomic mass is 10.1. The van der Waals surface area contributed by atoms with E-state index < -0.39 is 16.7 Å². The number of amides is 2. The normalized spacial score (nSPS) is 10.6. The van der Waals surface area contributed by atoms with Gasteiger partial charge in [0.15, 0.2) is 0 Å². The number of nitrogens with one attached hydrogen (secondary N) is 2. The predicted molar refractivity (Wildman–Crippen MR) is 123 cm³/mol. The Morgan fingerprint density at radius 2 is 1.78 bits per heavy atom. The minimum Gasteiger partial charge on any atom is -0.496 e. The van der Waals surface area contributed by atoms with Crippen LogP contribution < -0.4 is 15.5 Å². The zero-order chi connectivity index (χ0) is 23.1. The third-order valence-corrected chi connectivity index (χ3v) is 4.78. The Bertz CT molecular complexity index is 1200. The summed E-state index contributed by atoms with van der Waals surface area (Å²) in [6, 6.07) is 16.9. The molecule has 0 fully saturated rings. The van der Waals surface area contributed by atoms with E-state index in [0.717, 1.165) is 4.47 Å². The molecular weight excluding hydrogens is 480 g/mol. The van der Waals surface area contributed by atoms with Crippen molar-refractivity contribution in [2.24, 2.45) is 5.10 Å². The number of nitro groups is 1. The summed E-state index contributed by atoms with van der Waals surface area (Å²) < 4.78 is 6.09. The Morgan fingerprint density at radius 3 is 2.47 bits per heavy atom. The average Bonchev–Trinajstić information content (AvgIpc) is 2.79. The first-order valence-corrected chi connectivity index (χ1v) is 9.99. The van der Waals surface area contributed by atoms with Crippen molar-refractivity contribution in [3.8, 4) is 5.75 Å². The number of hydrogen-bond donors (Lipinski definition) is 2. The molecule has 0 saturated heterocycles. The number of methoxy groups -OCH3 is 1. The molecular formula is C22H17BrN4O5. The van der Waals surface area contributed by atoms with Crippen LogP contribution in [-0.2, 0) is 0 Å². The van der Waals surface area contributed by atoms with Crippen molar-refractivity contribution in [1.29, 1.82) is 0 Å². The van der Waals surface area contributed by atoms with E-state index in [4.69, 9.17) is 4.74 Å². The average molecular weight is 497 g/mol. The summed E-state index contributed by atoms with van der Waals surface area (Å²) in [6.45, 7) is 0. The molecule has 2 N–H and O–H groups in total. The van der Waals surface area contributed by atoms with Crippen LogP contribution in [-0.4, -0.2) is 30.1 Å². The van der Waals surface area contributed by atoms with E-state index in [0.29, 0.717) is 22.6 Å². The Kier molecular flexibility index (Phi) is 7.29. The van der Waals surface area contributed by atoms with Crippen LogP contribution in [0.2, 0.25) is 0 Å². The molecule has 162 valence electrons. The van der Waals surface area contributed by atoms with Gasteiger partial charge in [-0.1, -0.05) is 22.0 Å². The van der Waals surface area contributed by atoms with Gasteiger partial charge in [0.2, 0.25) is 0 Å². The van der Waals surface area contributed by atoms with E-state index in [1.54, 1.807) is 31.4 Å². The van der Waals surface area contributed by atoms with Gasteiger partial charge in [0, 0.05) is 39.0 Å². The number of hydrazone groups is 1. The molecule has 0 aliphatic carbocycles. The summed E-state index contributed by atoms with van der Waals surface area (Å²) in [5, 5.41) is 17.4. The zero-order valence-corrected chi connectivity index (χ0v) is 18.3. The van der Waals surface area contributed by atoms with E-state index in [-0.39, 0.29) is 11.3 Å². The van der Waals surface area contributed by atoms with Crippen molar-refractivity contribution >= 4 is 45.3 Å². The SMILES string of the molecule is COc1ccc(Br)cc1/C=N/NC(=O)c1ccc(NC(=O)c2cccc([N+](=O)[O-])c2)cc1. The van der Waals surface area contributed by atoms with Crippen LogP contribution in [0.5, 0.6) is 5.75 Å². The van der Waals surface area contributed by atoms with E-state index >= 15 is 0 Å². The number of carbonyl (C=O) groups is 2. The number of non-ortho nitro benzene ring substituents is 1. The van der Waals surface area contributed by atoms with Gasteiger partial charge in [0.25, 0.3) is 17.5 Å².